The predicted molar refractivity (Wildman–Crippen MR) is 122 cm³/mol. The summed E-state index contributed by atoms with van der Waals surface area (Å²) in [6.07, 6.45) is 7.96. The highest BCUT2D eigenvalue weighted by molar-refractivity contribution is 6.44. The van der Waals surface area contributed by atoms with Crippen molar-refractivity contribution in [1.82, 2.24) is 19.8 Å². The summed E-state index contributed by atoms with van der Waals surface area (Å²) < 4.78 is 0. The number of piperazine rings is 1. The molecule has 0 radical (unpaired) electrons. The number of H-pyrrole nitrogens is 1. The van der Waals surface area contributed by atoms with Gasteiger partial charge >= 0.3 is 0 Å². The van der Waals surface area contributed by atoms with Crippen LogP contribution in [0.4, 0.5) is 0 Å². The van der Waals surface area contributed by atoms with E-state index in [-0.39, 0.29) is 41.8 Å². The first-order chi connectivity index (χ1) is 15.9. The van der Waals surface area contributed by atoms with Gasteiger partial charge in [-0.2, -0.15) is 0 Å². The number of rotatable bonds is 5. The van der Waals surface area contributed by atoms with Crippen molar-refractivity contribution in [2.75, 3.05) is 19.6 Å². The summed E-state index contributed by atoms with van der Waals surface area (Å²) in [4.78, 5) is 61.4. The molecule has 4 rings (SSSR count). The third kappa shape index (κ3) is 4.13. The van der Waals surface area contributed by atoms with E-state index >= 15 is 0 Å². The lowest BCUT2D eigenvalue weighted by molar-refractivity contribution is -0.130. The lowest BCUT2D eigenvalue weighted by Crippen LogP contribution is -2.56. The van der Waals surface area contributed by atoms with Gasteiger partial charge in [-0.05, 0) is 25.1 Å². The molecule has 1 fully saturated rings. The van der Waals surface area contributed by atoms with Gasteiger partial charge < -0.3 is 14.8 Å². The normalized spacial score (nSPS) is 15.8. The summed E-state index contributed by atoms with van der Waals surface area (Å²) >= 11 is 0. The summed E-state index contributed by atoms with van der Waals surface area (Å²) in [7, 11) is 0. The number of carbonyl (C=O) groups is 4. The lowest BCUT2D eigenvalue weighted by Gasteiger charge is -2.39. The highest BCUT2D eigenvalue weighted by Gasteiger charge is 2.34. The van der Waals surface area contributed by atoms with E-state index in [2.05, 4.69) is 15.9 Å². The zero-order valence-corrected chi connectivity index (χ0v) is 18.1. The molecule has 0 spiro atoms. The minimum Gasteiger partial charge on any atom is -0.359 e. The first kappa shape index (κ1) is 22.0. The van der Waals surface area contributed by atoms with E-state index in [0.717, 1.165) is 0 Å². The van der Waals surface area contributed by atoms with Crippen molar-refractivity contribution in [2.24, 2.45) is 0 Å². The summed E-state index contributed by atoms with van der Waals surface area (Å²) in [6, 6.07) is 10.1. The van der Waals surface area contributed by atoms with E-state index in [4.69, 9.17) is 6.42 Å². The first-order valence-corrected chi connectivity index (χ1v) is 10.5. The lowest BCUT2D eigenvalue weighted by atomic mass is 10.1. The number of hydrogen-bond donors (Lipinski definition) is 1. The van der Waals surface area contributed by atoms with Crippen LogP contribution in [0.3, 0.4) is 0 Å². The predicted octanol–water partition coefficient (Wildman–Crippen LogP) is 2.32. The van der Waals surface area contributed by atoms with Crippen LogP contribution in [0.5, 0.6) is 0 Å². The number of nitrogens with zero attached hydrogens (tertiary/aromatic N) is 3. The van der Waals surface area contributed by atoms with Crippen molar-refractivity contribution in [1.29, 1.82) is 0 Å². The van der Waals surface area contributed by atoms with Crippen molar-refractivity contribution < 1.29 is 19.2 Å². The van der Waals surface area contributed by atoms with Crippen molar-refractivity contribution in [3.63, 3.8) is 0 Å². The van der Waals surface area contributed by atoms with Crippen LogP contribution in [0.25, 0.3) is 11.0 Å². The van der Waals surface area contributed by atoms with Gasteiger partial charge in [0.1, 0.15) is 0 Å². The molecule has 33 heavy (non-hydrogen) atoms. The van der Waals surface area contributed by atoms with Crippen molar-refractivity contribution in [2.45, 2.75) is 19.4 Å². The van der Waals surface area contributed by atoms with Gasteiger partial charge in [0.05, 0.1) is 23.0 Å². The monoisotopic (exact) mass is 442 g/mol. The van der Waals surface area contributed by atoms with E-state index < -0.39 is 11.7 Å². The standard InChI is InChI=1S/C25H22N4O4/c1-3-7-20(30)18-10-11-26-22-19(14-27-21(18)22)23(31)25(33)29-13-12-28(15-16(29)2)24(32)17-8-5-4-6-9-17/h1,4-6,8-11,14,16,27H,7,12-13,15H2,2H3. The molecule has 3 aromatic rings. The molecule has 1 atom stereocenters. The van der Waals surface area contributed by atoms with Crippen LogP contribution in [0, 0.1) is 12.3 Å². The number of Topliss-reactive ketones (excluding diaryl/α,β-unsaturated/α-hetero) is 2. The molecule has 1 unspecified atom stereocenters. The van der Waals surface area contributed by atoms with Crippen molar-refractivity contribution in [3.05, 3.63) is 65.5 Å². The summed E-state index contributed by atoms with van der Waals surface area (Å²) in [5, 5.41) is 0. The fraction of sp³-hybridized carbons (Fsp3) is 0.240. The number of ketones is 2. The average molecular weight is 442 g/mol. The molecule has 8 heteroatoms. The molecule has 1 N–H and O–H groups in total. The molecule has 166 valence electrons. The molecule has 1 aromatic carbocycles. The first-order valence-electron chi connectivity index (χ1n) is 10.5. The van der Waals surface area contributed by atoms with Gasteiger partial charge in [-0.1, -0.05) is 24.1 Å². The molecular weight excluding hydrogens is 420 g/mol. The quantitative estimate of drug-likeness (QED) is 0.371. The Morgan fingerprint density at radius 3 is 2.58 bits per heavy atom. The van der Waals surface area contributed by atoms with Gasteiger partial charge in [-0.3, -0.25) is 24.2 Å². The SMILES string of the molecule is C#CCC(=O)c1ccnc2c(C(=O)C(=O)N3CCN(C(=O)c4ccccc4)CC3C)c[nH]c12. The Hall–Kier alpha value is -4.25. The number of fused-ring (bicyclic) bond motifs is 1. The smallest absolute Gasteiger partial charge is 0.295 e. The van der Waals surface area contributed by atoms with Gasteiger partial charge in [0.25, 0.3) is 17.6 Å². The largest absolute Gasteiger partial charge is 0.359 e. The Morgan fingerprint density at radius 1 is 1.12 bits per heavy atom. The number of amides is 2. The number of aromatic amines is 1. The number of pyridine rings is 1. The van der Waals surface area contributed by atoms with Gasteiger partial charge in [0.15, 0.2) is 5.78 Å². The van der Waals surface area contributed by atoms with Crippen LogP contribution >= 0.6 is 0 Å². The maximum absolute atomic E-state index is 13.1. The third-order valence-electron chi connectivity index (χ3n) is 5.77. The van der Waals surface area contributed by atoms with E-state index in [9.17, 15) is 19.2 Å². The molecule has 0 aliphatic carbocycles. The molecule has 3 heterocycles. The number of aromatic nitrogens is 2. The van der Waals surface area contributed by atoms with Crippen LogP contribution in [-0.2, 0) is 4.79 Å². The number of benzene rings is 1. The summed E-state index contributed by atoms with van der Waals surface area (Å²) in [6.45, 7) is 2.70. The Kier molecular flexibility index (Phi) is 6.05. The topological polar surface area (TPSA) is 103 Å². The Labute approximate surface area is 190 Å². The molecule has 8 nitrogen and oxygen atoms in total. The number of terminal acetylenes is 1. The molecule has 1 aliphatic rings. The van der Waals surface area contributed by atoms with Crippen LogP contribution in [-0.4, -0.2) is 68.8 Å². The van der Waals surface area contributed by atoms with E-state index in [0.29, 0.717) is 29.7 Å². The second-order valence-corrected chi connectivity index (χ2v) is 7.88. The molecule has 0 saturated carbocycles. The van der Waals surface area contributed by atoms with Gasteiger partial charge in [-0.25, -0.2) is 0 Å². The average Bonchev–Trinajstić information content (AvgIpc) is 3.27. The Bertz CT molecular complexity index is 1290. The highest BCUT2D eigenvalue weighted by atomic mass is 16.2. The van der Waals surface area contributed by atoms with E-state index in [1.807, 2.05) is 6.07 Å². The molecule has 1 aliphatic heterocycles. The number of nitrogens with one attached hydrogen (secondary N) is 1. The fourth-order valence-corrected chi connectivity index (χ4v) is 4.07. The third-order valence-corrected chi connectivity index (χ3v) is 5.77. The maximum Gasteiger partial charge on any atom is 0.295 e. The van der Waals surface area contributed by atoms with Gasteiger partial charge in [-0.15, -0.1) is 6.42 Å². The molecule has 0 bridgehead atoms. The minimum atomic E-state index is -0.718. The fourth-order valence-electron chi connectivity index (χ4n) is 4.07. The van der Waals surface area contributed by atoms with Crippen LogP contribution < -0.4 is 0 Å². The van der Waals surface area contributed by atoms with Crippen LogP contribution in [0.2, 0.25) is 0 Å². The molecule has 2 amide bonds. The summed E-state index contributed by atoms with van der Waals surface area (Å²) in [5.74, 6) is 0.543. The molecule has 1 saturated heterocycles. The summed E-state index contributed by atoms with van der Waals surface area (Å²) in [5.41, 5.74) is 1.63. The number of hydrogen-bond acceptors (Lipinski definition) is 5. The number of carbonyl (C=O) groups excluding carboxylic acids is 4. The van der Waals surface area contributed by atoms with Crippen molar-refractivity contribution >= 4 is 34.4 Å². The zero-order valence-electron chi connectivity index (χ0n) is 18.1. The minimum absolute atomic E-state index is 0.0795. The zero-order chi connectivity index (χ0) is 23.5. The van der Waals surface area contributed by atoms with Crippen molar-refractivity contribution in [3.8, 4) is 12.3 Å². The highest BCUT2D eigenvalue weighted by Crippen LogP contribution is 2.23. The van der Waals surface area contributed by atoms with E-state index in [1.165, 1.54) is 23.4 Å². The van der Waals surface area contributed by atoms with Crippen LogP contribution in [0.1, 0.15) is 44.4 Å². The maximum atomic E-state index is 13.1. The molecule has 2 aromatic heterocycles. The van der Waals surface area contributed by atoms with Gasteiger partial charge in [0.2, 0.25) is 0 Å². The van der Waals surface area contributed by atoms with E-state index in [1.54, 1.807) is 36.1 Å². The van der Waals surface area contributed by atoms with Gasteiger partial charge in [0, 0.05) is 49.2 Å². The Morgan fingerprint density at radius 2 is 1.88 bits per heavy atom. The molecular formula is C25H22N4O4. The van der Waals surface area contributed by atoms with Crippen LogP contribution in [0.15, 0.2) is 48.8 Å². The second kappa shape index (κ2) is 9.09. The Balaban J connectivity index is 1.51. The second-order valence-electron chi connectivity index (χ2n) is 7.88.